The van der Waals surface area contributed by atoms with Crippen molar-refractivity contribution in [3.8, 4) is 23.1 Å². The predicted octanol–water partition coefficient (Wildman–Crippen LogP) is 2.33. The molecule has 0 spiro atoms. The van der Waals surface area contributed by atoms with Gasteiger partial charge in [0.2, 0.25) is 5.75 Å². The van der Waals surface area contributed by atoms with Crippen molar-refractivity contribution in [3.63, 3.8) is 0 Å². The SMILES string of the molecule is COc1cc(NC(=O)Nc2cc(-n3cccn3)ncn2)cc(OC)c1OC. The minimum absolute atomic E-state index is 0.320. The summed E-state index contributed by atoms with van der Waals surface area (Å²) < 4.78 is 17.4. The second kappa shape index (κ2) is 8.04. The van der Waals surface area contributed by atoms with Gasteiger partial charge in [0.25, 0.3) is 0 Å². The molecule has 2 aromatic heterocycles. The molecule has 0 bridgehead atoms. The van der Waals surface area contributed by atoms with Gasteiger partial charge in [-0.1, -0.05) is 0 Å². The van der Waals surface area contributed by atoms with Crippen molar-refractivity contribution in [2.45, 2.75) is 0 Å². The van der Waals surface area contributed by atoms with Crippen molar-refractivity contribution in [1.29, 1.82) is 0 Å². The van der Waals surface area contributed by atoms with Crippen LogP contribution < -0.4 is 24.8 Å². The lowest BCUT2D eigenvalue weighted by Crippen LogP contribution is -2.20. The van der Waals surface area contributed by atoms with Crippen molar-refractivity contribution < 1.29 is 19.0 Å². The van der Waals surface area contributed by atoms with Gasteiger partial charge in [0.15, 0.2) is 17.3 Å². The first-order chi connectivity index (χ1) is 13.1. The van der Waals surface area contributed by atoms with Gasteiger partial charge in [-0.3, -0.25) is 5.32 Å². The standard InChI is InChI=1S/C17H18N6O4/c1-25-12-7-11(8-13(26-2)16(12)27-3)21-17(24)22-14-9-15(19-10-18-14)23-6-4-5-20-23/h4-10H,1-3H3,(H2,18,19,21,22,24). The Morgan fingerprint density at radius 1 is 1.00 bits per heavy atom. The highest BCUT2D eigenvalue weighted by Gasteiger charge is 2.15. The highest BCUT2D eigenvalue weighted by atomic mass is 16.5. The minimum atomic E-state index is -0.491. The number of hydrogen-bond acceptors (Lipinski definition) is 7. The summed E-state index contributed by atoms with van der Waals surface area (Å²) in [6.45, 7) is 0. The Balaban J connectivity index is 1.76. The number of nitrogens with one attached hydrogen (secondary N) is 2. The van der Waals surface area contributed by atoms with E-state index < -0.39 is 6.03 Å². The number of amides is 2. The van der Waals surface area contributed by atoms with Crippen molar-refractivity contribution in [2.75, 3.05) is 32.0 Å². The first kappa shape index (κ1) is 18.0. The van der Waals surface area contributed by atoms with Crippen molar-refractivity contribution in [3.05, 3.63) is 43.0 Å². The Bertz CT molecular complexity index is 904. The van der Waals surface area contributed by atoms with Gasteiger partial charge in [-0.25, -0.2) is 19.4 Å². The van der Waals surface area contributed by atoms with Crippen molar-refractivity contribution >= 4 is 17.5 Å². The summed E-state index contributed by atoms with van der Waals surface area (Å²) in [5.41, 5.74) is 0.461. The molecule has 2 N–H and O–H groups in total. The van der Waals surface area contributed by atoms with Gasteiger partial charge in [0, 0.05) is 30.6 Å². The summed E-state index contributed by atoms with van der Waals surface area (Å²) in [6.07, 6.45) is 4.71. The lowest BCUT2D eigenvalue weighted by Gasteiger charge is -2.14. The van der Waals surface area contributed by atoms with Crippen molar-refractivity contribution in [2.24, 2.45) is 0 Å². The summed E-state index contributed by atoms with van der Waals surface area (Å²) in [7, 11) is 4.50. The molecule has 2 heterocycles. The average Bonchev–Trinajstić information content (AvgIpc) is 3.22. The number of methoxy groups -OCH3 is 3. The zero-order valence-corrected chi connectivity index (χ0v) is 15.0. The fraction of sp³-hybridized carbons (Fsp3) is 0.176. The summed E-state index contributed by atoms with van der Waals surface area (Å²) in [4.78, 5) is 20.5. The van der Waals surface area contributed by atoms with Crippen LogP contribution in [0.2, 0.25) is 0 Å². The number of carbonyl (C=O) groups excluding carboxylic acids is 1. The molecule has 140 valence electrons. The zero-order valence-electron chi connectivity index (χ0n) is 15.0. The van der Waals surface area contributed by atoms with Gasteiger partial charge >= 0.3 is 6.03 Å². The highest BCUT2D eigenvalue weighted by Crippen LogP contribution is 2.39. The van der Waals surface area contributed by atoms with E-state index >= 15 is 0 Å². The molecule has 1 aromatic carbocycles. The molecule has 0 aliphatic rings. The topological polar surface area (TPSA) is 112 Å². The predicted molar refractivity (Wildman–Crippen MR) is 97.9 cm³/mol. The van der Waals surface area contributed by atoms with E-state index in [0.717, 1.165) is 0 Å². The number of nitrogens with zero attached hydrogens (tertiary/aromatic N) is 4. The number of benzene rings is 1. The van der Waals surface area contributed by atoms with Crippen LogP contribution >= 0.6 is 0 Å². The lowest BCUT2D eigenvalue weighted by atomic mass is 10.2. The summed E-state index contributed by atoms with van der Waals surface area (Å²) in [6, 6.07) is 6.12. The van der Waals surface area contributed by atoms with E-state index in [0.29, 0.717) is 34.6 Å². The second-order valence-corrected chi connectivity index (χ2v) is 5.21. The number of hydrogen-bond donors (Lipinski definition) is 2. The summed E-state index contributed by atoms with van der Waals surface area (Å²) >= 11 is 0. The maximum absolute atomic E-state index is 12.3. The van der Waals surface area contributed by atoms with E-state index in [4.69, 9.17) is 14.2 Å². The van der Waals surface area contributed by atoms with Gasteiger partial charge < -0.3 is 19.5 Å². The van der Waals surface area contributed by atoms with E-state index in [1.807, 2.05) is 0 Å². The Labute approximate surface area is 155 Å². The number of ether oxygens (including phenoxy) is 3. The molecular weight excluding hydrogens is 352 g/mol. The molecule has 2 amide bonds. The van der Waals surface area contributed by atoms with Gasteiger partial charge in [-0.15, -0.1) is 0 Å². The van der Waals surface area contributed by atoms with Crippen LogP contribution in [0.5, 0.6) is 17.2 Å². The largest absolute Gasteiger partial charge is 0.493 e. The lowest BCUT2D eigenvalue weighted by molar-refractivity contribution is 0.262. The maximum Gasteiger partial charge on any atom is 0.324 e. The minimum Gasteiger partial charge on any atom is -0.493 e. The van der Waals surface area contributed by atoms with Gasteiger partial charge in [-0.05, 0) is 6.07 Å². The van der Waals surface area contributed by atoms with Crippen LogP contribution in [0, 0.1) is 0 Å². The van der Waals surface area contributed by atoms with Gasteiger partial charge in [0.05, 0.1) is 27.0 Å². The molecule has 10 nitrogen and oxygen atoms in total. The second-order valence-electron chi connectivity index (χ2n) is 5.21. The van der Waals surface area contributed by atoms with Crippen LogP contribution in [0.15, 0.2) is 43.0 Å². The molecular formula is C17H18N6O4. The van der Waals surface area contributed by atoms with Gasteiger partial charge in [-0.2, -0.15) is 5.10 Å². The molecule has 0 saturated carbocycles. The molecule has 0 aliphatic heterocycles. The Kier molecular flexibility index (Phi) is 5.36. The summed E-state index contributed by atoms with van der Waals surface area (Å²) in [5, 5.41) is 9.43. The number of anilines is 2. The fourth-order valence-electron chi connectivity index (χ4n) is 2.38. The smallest absolute Gasteiger partial charge is 0.324 e. The summed E-state index contributed by atoms with van der Waals surface area (Å²) in [5.74, 6) is 2.13. The molecule has 0 atom stereocenters. The van der Waals surface area contributed by atoms with Crippen LogP contribution in [0.1, 0.15) is 0 Å². The fourth-order valence-corrected chi connectivity index (χ4v) is 2.38. The number of rotatable bonds is 6. The quantitative estimate of drug-likeness (QED) is 0.685. The van der Waals surface area contributed by atoms with Crippen LogP contribution in [0.25, 0.3) is 5.82 Å². The van der Waals surface area contributed by atoms with E-state index in [9.17, 15) is 4.79 Å². The molecule has 0 saturated heterocycles. The van der Waals surface area contributed by atoms with Crippen LogP contribution in [-0.4, -0.2) is 47.1 Å². The van der Waals surface area contributed by atoms with E-state index in [1.54, 1.807) is 41.3 Å². The zero-order chi connectivity index (χ0) is 19.2. The number of carbonyl (C=O) groups is 1. The average molecular weight is 370 g/mol. The van der Waals surface area contributed by atoms with Crippen LogP contribution in [-0.2, 0) is 0 Å². The Morgan fingerprint density at radius 3 is 2.33 bits per heavy atom. The molecule has 3 aromatic rings. The molecule has 10 heteroatoms. The first-order valence-electron chi connectivity index (χ1n) is 7.84. The molecule has 0 aliphatic carbocycles. The Morgan fingerprint density at radius 2 is 1.74 bits per heavy atom. The van der Waals surface area contributed by atoms with Crippen LogP contribution in [0.4, 0.5) is 16.3 Å². The third-order valence-electron chi connectivity index (χ3n) is 3.56. The highest BCUT2D eigenvalue weighted by molar-refractivity contribution is 5.99. The van der Waals surface area contributed by atoms with E-state index in [-0.39, 0.29) is 0 Å². The first-order valence-corrected chi connectivity index (χ1v) is 7.84. The molecule has 0 unspecified atom stereocenters. The third-order valence-corrected chi connectivity index (χ3v) is 3.56. The van der Waals surface area contributed by atoms with Gasteiger partial charge in [0.1, 0.15) is 12.1 Å². The third kappa shape index (κ3) is 4.06. The number of aromatic nitrogens is 4. The Hall–Kier alpha value is -3.82. The van der Waals surface area contributed by atoms with E-state index in [1.165, 1.54) is 27.7 Å². The maximum atomic E-state index is 12.3. The molecule has 27 heavy (non-hydrogen) atoms. The van der Waals surface area contributed by atoms with E-state index in [2.05, 4.69) is 25.7 Å². The normalized spacial score (nSPS) is 10.2. The number of urea groups is 1. The molecule has 0 radical (unpaired) electrons. The van der Waals surface area contributed by atoms with Crippen molar-refractivity contribution in [1.82, 2.24) is 19.7 Å². The van der Waals surface area contributed by atoms with Crippen LogP contribution in [0.3, 0.4) is 0 Å². The molecule has 0 fully saturated rings. The monoisotopic (exact) mass is 370 g/mol. The molecule has 3 rings (SSSR count).